The minimum Gasteiger partial charge on any atom is -0.351 e. The van der Waals surface area contributed by atoms with Crippen LogP contribution in [0.5, 0.6) is 0 Å². The zero-order chi connectivity index (χ0) is 23.7. The summed E-state index contributed by atoms with van der Waals surface area (Å²) in [5.41, 5.74) is 3.12. The molecule has 5 rings (SSSR count). The predicted octanol–water partition coefficient (Wildman–Crippen LogP) is 4.70. The Labute approximate surface area is 203 Å². The van der Waals surface area contributed by atoms with Crippen LogP contribution in [0.1, 0.15) is 55.8 Å². The fraction of sp³-hybridized carbons (Fsp3) is 0.385. The van der Waals surface area contributed by atoms with Gasteiger partial charge in [-0.05, 0) is 68.0 Å². The first-order valence-corrected chi connectivity index (χ1v) is 12.3. The molecule has 176 valence electrons. The molecule has 1 unspecified atom stereocenters. The Kier molecular flexibility index (Phi) is 6.37. The van der Waals surface area contributed by atoms with Crippen molar-refractivity contribution in [3.8, 4) is 11.1 Å². The number of benzene rings is 2. The average Bonchev–Trinajstić information content (AvgIpc) is 3.56. The van der Waals surface area contributed by atoms with Crippen molar-refractivity contribution >= 4 is 40.3 Å². The molecule has 0 bridgehead atoms. The van der Waals surface area contributed by atoms with Gasteiger partial charge >= 0.3 is 0 Å². The highest BCUT2D eigenvalue weighted by Crippen LogP contribution is 2.32. The quantitative estimate of drug-likeness (QED) is 0.458. The highest BCUT2D eigenvalue weighted by molar-refractivity contribution is 6.33. The average molecular weight is 478 g/mol. The summed E-state index contributed by atoms with van der Waals surface area (Å²) in [5, 5.41) is 11.0. The third kappa shape index (κ3) is 4.99. The van der Waals surface area contributed by atoms with E-state index in [-0.39, 0.29) is 23.9 Å². The van der Waals surface area contributed by atoms with Gasteiger partial charge in [0.1, 0.15) is 0 Å². The lowest BCUT2D eigenvalue weighted by Gasteiger charge is -2.22. The van der Waals surface area contributed by atoms with Crippen molar-refractivity contribution in [2.24, 2.45) is 0 Å². The number of hydrogen-bond acceptors (Lipinski definition) is 5. The maximum atomic E-state index is 12.5. The van der Waals surface area contributed by atoms with Gasteiger partial charge in [0.05, 0.1) is 5.52 Å². The van der Waals surface area contributed by atoms with Crippen LogP contribution >= 0.6 is 11.6 Å². The molecule has 0 radical (unpaired) electrons. The summed E-state index contributed by atoms with van der Waals surface area (Å²) < 4.78 is 0. The Morgan fingerprint density at radius 3 is 2.65 bits per heavy atom. The summed E-state index contributed by atoms with van der Waals surface area (Å²) in [5.74, 6) is 0.554. The number of halogens is 1. The fourth-order valence-electron chi connectivity index (χ4n) is 4.43. The number of hydrogen-bond donors (Lipinski definition) is 3. The highest BCUT2D eigenvalue weighted by atomic mass is 35.5. The Bertz CT molecular complexity index is 1240. The van der Waals surface area contributed by atoms with Crippen LogP contribution in [-0.2, 0) is 4.79 Å². The third-order valence-corrected chi connectivity index (χ3v) is 6.86. The highest BCUT2D eigenvalue weighted by Gasteiger charge is 2.29. The van der Waals surface area contributed by atoms with E-state index < -0.39 is 0 Å². The van der Waals surface area contributed by atoms with Crippen molar-refractivity contribution < 1.29 is 9.59 Å². The Morgan fingerprint density at radius 1 is 1.03 bits per heavy atom. The standard InChI is InChI=1S/C26H28ClN5O2/c1-2-24(33)30-22-4-3-5-23(22)32-26-28-14-17-12-15(7-11-21(17)31-26)19-13-16(6-10-20(19)27)25(34)29-18-8-9-18/h6-7,10-14,18,22-23H,2-5,8-9H2,1H3,(H,29,34)(H,30,33)(H,28,31,32)/t22-,23?/m0/s1. The number of nitrogens with one attached hydrogen (secondary N) is 3. The van der Waals surface area contributed by atoms with Gasteiger partial charge in [0.15, 0.2) is 0 Å². The normalized spacial score (nSPS) is 19.7. The molecule has 0 saturated heterocycles. The van der Waals surface area contributed by atoms with E-state index in [1.807, 2.05) is 31.2 Å². The molecule has 2 saturated carbocycles. The molecule has 2 atom stereocenters. The van der Waals surface area contributed by atoms with Gasteiger partial charge in [-0.15, -0.1) is 0 Å². The fourth-order valence-corrected chi connectivity index (χ4v) is 4.66. The monoisotopic (exact) mass is 477 g/mol. The third-order valence-electron chi connectivity index (χ3n) is 6.53. The second-order valence-corrected chi connectivity index (χ2v) is 9.53. The molecule has 7 nitrogen and oxygen atoms in total. The van der Waals surface area contributed by atoms with Crippen LogP contribution < -0.4 is 16.0 Å². The largest absolute Gasteiger partial charge is 0.351 e. The number of rotatable bonds is 7. The van der Waals surface area contributed by atoms with E-state index in [0.29, 0.717) is 29.0 Å². The second kappa shape index (κ2) is 9.58. The lowest BCUT2D eigenvalue weighted by molar-refractivity contribution is -0.121. The van der Waals surface area contributed by atoms with Crippen molar-refractivity contribution in [2.45, 2.75) is 63.6 Å². The van der Waals surface area contributed by atoms with E-state index in [4.69, 9.17) is 11.6 Å². The SMILES string of the molecule is CCC(=O)N[C@H]1CCCC1Nc1ncc2cc(-c3cc(C(=O)NC4CC4)ccc3Cl)ccc2n1. The van der Waals surface area contributed by atoms with Gasteiger partial charge in [-0.25, -0.2) is 9.97 Å². The molecular formula is C26H28ClN5O2. The smallest absolute Gasteiger partial charge is 0.251 e. The first-order valence-electron chi connectivity index (χ1n) is 11.9. The predicted molar refractivity (Wildman–Crippen MR) is 134 cm³/mol. The van der Waals surface area contributed by atoms with Crippen LogP contribution in [0.3, 0.4) is 0 Å². The van der Waals surface area contributed by atoms with Gasteiger partial charge in [0.25, 0.3) is 5.91 Å². The summed E-state index contributed by atoms with van der Waals surface area (Å²) >= 11 is 6.48. The minimum atomic E-state index is -0.0689. The molecule has 2 fully saturated rings. The minimum absolute atomic E-state index is 0.0680. The molecule has 8 heteroatoms. The molecule has 2 amide bonds. The molecule has 2 aromatic carbocycles. The zero-order valence-corrected chi connectivity index (χ0v) is 19.9. The van der Waals surface area contributed by atoms with Gasteiger partial charge < -0.3 is 16.0 Å². The number of amides is 2. The van der Waals surface area contributed by atoms with E-state index in [1.165, 1.54) is 0 Å². The molecule has 0 spiro atoms. The summed E-state index contributed by atoms with van der Waals surface area (Å²) in [4.78, 5) is 33.5. The van der Waals surface area contributed by atoms with E-state index in [1.54, 1.807) is 18.3 Å². The van der Waals surface area contributed by atoms with Crippen molar-refractivity contribution in [2.75, 3.05) is 5.32 Å². The van der Waals surface area contributed by atoms with Crippen LogP contribution in [0, 0.1) is 0 Å². The van der Waals surface area contributed by atoms with E-state index in [0.717, 1.165) is 54.1 Å². The Morgan fingerprint density at radius 2 is 1.85 bits per heavy atom. The van der Waals surface area contributed by atoms with Crippen molar-refractivity contribution in [3.05, 3.63) is 53.2 Å². The van der Waals surface area contributed by atoms with Gasteiger partial charge in [-0.1, -0.05) is 24.6 Å². The lowest BCUT2D eigenvalue weighted by Crippen LogP contribution is -2.43. The maximum Gasteiger partial charge on any atom is 0.251 e. The molecule has 0 aliphatic heterocycles. The van der Waals surface area contributed by atoms with Crippen molar-refractivity contribution in [1.82, 2.24) is 20.6 Å². The van der Waals surface area contributed by atoms with Gasteiger partial charge in [0, 0.05) is 52.3 Å². The van der Waals surface area contributed by atoms with E-state index >= 15 is 0 Å². The summed E-state index contributed by atoms with van der Waals surface area (Å²) in [7, 11) is 0. The maximum absolute atomic E-state index is 12.5. The van der Waals surface area contributed by atoms with Gasteiger partial charge in [-0.2, -0.15) is 0 Å². The molecule has 3 N–H and O–H groups in total. The molecule has 2 aliphatic carbocycles. The van der Waals surface area contributed by atoms with Crippen LogP contribution in [0.4, 0.5) is 5.95 Å². The van der Waals surface area contributed by atoms with Crippen LogP contribution in [0.2, 0.25) is 5.02 Å². The van der Waals surface area contributed by atoms with Gasteiger partial charge in [-0.3, -0.25) is 9.59 Å². The number of anilines is 1. The molecule has 1 aromatic heterocycles. The molecule has 34 heavy (non-hydrogen) atoms. The van der Waals surface area contributed by atoms with Crippen LogP contribution in [-0.4, -0.2) is 39.9 Å². The number of carbonyl (C=O) groups excluding carboxylic acids is 2. The first kappa shape index (κ1) is 22.6. The van der Waals surface area contributed by atoms with Crippen molar-refractivity contribution in [1.29, 1.82) is 0 Å². The molecule has 1 heterocycles. The van der Waals surface area contributed by atoms with Gasteiger partial charge in [0.2, 0.25) is 11.9 Å². The molecule has 2 aliphatic rings. The molecule has 3 aromatic rings. The topological polar surface area (TPSA) is 96.0 Å². The van der Waals surface area contributed by atoms with Crippen LogP contribution in [0.15, 0.2) is 42.6 Å². The number of nitrogens with zero attached hydrogens (tertiary/aromatic N) is 2. The summed E-state index contributed by atoms with van der Waals surface area (Å²) in [6, 6.07) is 11.8. The number of fused-ring (bicyclic) bond motifs is 1. The number of carbonyl (C=O) groups is 2. The number of aromatic nitrogens is 2. The van der Waals surface area contributed by atoms with Crippen molar-refractivity contribution in [3.63, 3.8) is 0 Å². The van der Waals surface area contributed by atoms with E-state index in [2.05, 4.69) is 25.9 Å². The van der Waals surface area contributed by atoms with E-state index in [9.17, 15) is 9.59 Å². The molecular weight excluding hydrogens is 450 g/mol. The Hall–Kier alpha value is -3.19. The summed E-state index contributed by atoms with van der Waals surface area (Å²) in [6.45, 7) is 1.86. The van der Waals surface area contributed by atoms with Crippen LogP contribution in [0.25, 0.3) is 22.0 Å². The Balaban J connectivity index is 1.35. The lowest BCUT2D eigenvalue weighted by atomic mass is 10.0. The summed E-state index contributed by atoms with van der Waals surface area (Å²) in [6.07, 6.45) is 7.35. The first-order chi connectivity index (χ1) is 16.5. The second-order valence-electron chi connectivity index (χ2n) is 9.12. The zero-order valence-electron chi connectivity index (χ0n) is 19.1.